The quantitative estimate of drug-likeness (QED) is 0.714. The highest BCUT2D eigenvalue weighted by Gasteiger charge is 2.31. The molecule has 0 fully saturated rings. The van der Waals surface area contributed by atoms with Gasteiger partial charge in [-0.3, -0.25) is 4.79 Å². The Morgan fingerprint density at radius 3 is 2.48 bits per heavy atom. The molecule has 0 saturated heterocycles. The Morgan fingerprint density at radius 1 is 1.11 bits per heavy atom. The van der Waals surface area contributed by atoms with Crippen LogP contribution in [-0.4, -0.2) is 49.8 Å². The van der Waals surface area contributed by atoms with Crippen molar-refractivity contribution in [3.05, 3.63) is 54.1 Å². The van der Waals surface area contributed by atoms with Crippen molar-refractivity contribution in [1.29, 1.82) is 0 Å². The molecule has 0 bridgehead atoms. The normalized spacial score (nSPS) is 17.0. The first-order chi connectivity index (χ1) is 13.2. The summed E-state index contributed by atoms with van der Waals surface area (Å²) in [5.74, 6) is 1.60. The lowest BCUT2D eigenvalue weighted by molar-refractivity contribution is -0.119. The highest BCUT2D eigenvalue weighted by molar-refractivity contribution is 7.99. The van der Waals surface area contributed by atoms with Crippen LogP contribution in [0.15, 0.2) is 53.4 Å². The third kappa shape index (κ3) is 4.47. The Bertz CT molecular complexity index is 759. The zero-order valence-corrected chi connectivity index (χ0v) is 17.2. The molecule has 144 valence electrons. The Balaban J connectivity index is 1.89. The molecule has 0 saturated carbocycles. The van der Waals surface area contributed by atoms with Crippen LogP contribution in [0.2, 0.25) is 0 Å². The van der Waals surface area contributed by atoms with Gasteiger partial charge in [0.15, 0.2) is 0 Å². The fourth-order valence-corrected chi connectivity index (χ4v) is 4.62. The molecule has 2 aromatic carbocycles. The maximum absolute atomic E-state index is 13.5. The van der Waals surface area contributed by atoms with E-state index in [4.69, 9.17) is 4.74 Å². The van der Waals surface area contributed by atoms with Gasteiger partial charge in [0.1, 0.15) is 5.75 Å². The minimum Gasteiger partial charge on any atom is -0.497 e. The van der Waals surface area contributed by atoms with Gasteiger partial charge in [-0.05, 0) is 42.9 Å². The van der Waals surface area contributed by atoms with Crippen molar-refractivity contribution in [2.45, 2.75) is 24.7 Å². The van der Waals surface area contributed by atoms with Crippen LogP contribution < -0.4 is 9.64 Å². The summed E-state index contributed by atoms with van der Waals surface area (Å²) in [6, 6.07) is 16.2. The smallest absolute Gasteiger partial charge is 0.235 e. The van der Waals surface area contributed by atoms with Gasteiger partial charge in [-0.15, -0.1) is 11.8 Å². The van der Waals surface area contributed by atoms with Crippen molar-refractivity contribution in [3.63, 3.8) is 0 Å². The zero-order chi connectivity index (χ0) is 19.2. The average Bonchev–Trinajstić information content (AvgIpc) is 2.85. The molecule has 3 rings (SSSR count). The predicted molar refractivity (Wildman–Crippen MR) is 113 cm³/mol. The molecule has 1 aliphatic rings. The van der Waals surface area contributed by atoms with E-state index >= 15 is 0 Å². The Hall–Kier alpha value is -1.98. The Morgan fingerprint density at radius 2 is 1.81 bits per heavy atom. The first-order valence-electron chi connectivity index (χ1n) is 9.57. The third-order valence-corrected chi connectivity index (χ3v) is 6.33. The van der Waals surface area contributed by atoms with Gasteiger partial charge in [-0.25, -0.2) is 0 Å². The van der Waals surface area contributed by atoms with Crippen molar-refractivity contribution in [1.82, 2.24) is 4.90 Å². The van der Waals surface area contributed by atoms with Crippen LogP contribution in [0.1, 0.15) is 25.3 Å². The number of rotatable bonds is 7. The van der Waals surface area contributed by atoms with Crippen molar-refractivity contribution in [2.24, 2.45) is 0 Å². The SMILES string of the molecule is CCN(CC)CCN1C(=O)C(c2ccc(OC)cc2)CSc2ccccc21. The monoisotopic (exact) mass is 384 g/mol. The Kier molecular flexibility index (Phi) is 6.80. The summed E-state index contributed by atoms with van der Waals surface area (Å²) in [7, 11) is 1.66. The molecule has 0 aromatic heterocycles. The van der Waals surface area contributed by atoms with Crippen LogP contribution in [0.4, 0.5) is 5.69 Å². The number of nitrogens with zero attached hydrogens (tertiary/aromatic N) is 2. The van der Waals surface area contributed by atoms with Gasteiger partial charge < -0.3 is 14.5 Å². The zero-order valence-electron chi connectivity index (χ0n) is 16.4. The molecule has 4 nitrogen and oxygen atoms in total. The van der Waals surface area contributed by atoms with Crippen LogP contribution in [-0.2, 0) is 4.79 Å². The standard InChI is InChI=1S/C22H28N2O2S/c1-4-23(5-2)14-15-24-20-8-6-7-9-21(20)27-16-19(22(24)25)17-10-12-18(26-3)13-11-17/h6-13,19H,4-5,14-16H2,1-3H3. The summed E-state index contributed by atoms with van der Waals surface area (Å²) in [4.78, 5) is 19.0. The van der Waals surface area contributed by atoms with E-state index in [1.807, 2.05) is 41.3 Å². The van der Waals surface area contributed by atoms with Gasteiger partial charge in [0, 0.05) is 23.7 Å². The predicted octanol–water partition coefficient (Wildman–Crippen LogP) is 4.26. The number of carbonyl (C=O) groups is 1. The van der Waals surface area contributed by atoms with E-state index in [1.165, 1.54) is 4.90 Å². The minimum atomic E-state index is -0.148. The molecule has 1 atom stereocenters. The number of benzene rings is 2. The van der Waals surface area contributed by atoms with Crippen LogP contribution >= 0.6 is 11.8 Å². The average molecular weight is 385 g/mol. The van der Waals surface area contributed by atoms with E-state index in [9.17, 15) is 4.79 Å². The second kappa shape index (κ2) is 9.29. The van der Waals surface area contributed by atoms with Gasteiger partial charge in [-0.2, -0.15) is 0 Å². The number of fused-ring (bicyclic) bond motifs is 1. The summed E-state index contributed by atoms with van der Waals surface area (Å²) in [5.41, 5.74) is 2.09. The van der Waals surface area contributed by atoms with Crippen LogP contribution in [0, 0.1) is 0 Å². The number of anilines is 1. The number of para-hydroxylation sites is 1. The minimum absolute atomic E-state index is 0.148. The molecular weight excluding hydrogens is 356 g/mol. The second-order valence-corrected chi connectivity index (χ2v) is 7.68. The fourth-order valence-electron chi connectivity index (χ4n) is 3.44. The van der Waals surface area contributed by atoms with E-state index in [0.29, 0.717) is 6.54 Å². The van der Waals surface area contributed by atoms with Gasteiger partial charge in [0.25, 0.3) is 0 Å². The van der Waals surface area contributed by atoms with Gasteiger partial charge in [-0.1, -0.05) is 38.1 Å². The molecule has 0 spiro atoms. The van der Waals surface area contributed by atoms with Crippen LogP contribution in [0.5, 0.6) is 5.75 Å². The molecule has 0 N–H and O–H groups in total. The van der Waals surface area contributed by atoms with E-state index in [0.717, 1.165) is 42.4 Å². The maximum atomic E-state index is 13.5. The molecule has 2 aromatic rings. The number of carbonyl (C=O) groups excluding carboxylic acids is 1. The highest BCUT2D eigenvalue weighted by Crippen LogP contribution is 2.39. The molecule has 0 radical (unpaired) electrons. The van der Waals surface area contributed by atoms with Crippen molar-refractivity contribution in [3.8, 4) is 5.75 Å². The van der Waals surface area contributed by atoms with Crippen LogP contribution in [0.25, 0.3) is 0 Å². The molecule has 5 heteroatoms. The maximum Gasteiger partial charge on any atom is 0.235 e. The van der Waals surface area contributed by atoms with E-state index in [1.54, 1.807) is 18.9 Å². The summed E-state index contributed by atoms with van der Waals surface area (Å²) in [6.07, 6.45) is 0. The van der Waals surface area contributed by atoms with E-state index in [-0.39, 0.29) is 11.8 Å². The number of ether oxygens (including phenoxy) is 1. The highest BCUT2D eigenvalue weighted by atomic mass is 32.2. The number of methoxy groups -OCH3 is 1. The first-order valence-corrected chi connectivity index (χ1v) is 10.6. The van der Waals surface area contributed by atoms with E-state index in [2.05, 4.69) is 30.9 Å². The third-order valence-electron chi connectivity index (χ3n) is 5.18. The second-order valence-electron chi connectivity index (χ2n) is 6.62. The number of hydrogen-bond donors (Lipinski definition) is 0. The van der Waals surface area contributed by atoms with Crippen LogP contribution in [0.3, 0.4) is 0 Å². The molecule has 1 unspecified atom stereocenters. The lowest BCUT2D eigenvalue weighted by Gasteiger charge is -2.28. The largest absolute Gasteiger partial charge is 0.497 e. The van der Waals surface area contributed by atoms with E-state index < -0.39 is 0 Å². The summed E-state index contributed by atoms with van der Waals surface area (Å²) in [6.45, 7) is 7.92. The molecule has 27 heavy (non-hydrogen) atoms. The van der Waals surface area contributed by atoms with Gasteiger partial charge >= 0.3 is 0 Å². The lowest BCUT2D eigenvalue weighted by Crippen LogP contribution is -2.41. The van der Waals surface area contributed by atoms with Crippen molar-refractivity contribution in [2.75, 3.05) is 43.9 Å². The molecular formula is C22H28N2O2S. The fraction of sp³-hybridized carbons (Fsp3) is 0.409. The number of amides is 1. The van der Waals surface area contributed by atoms with Crippen molar-refractivity contribution >= 4 is 23.4 Å². The molecule has 1 aliphatic heterocycles. The van der Waals surface area contributed by atoms with Crippen molar-refractivity contribution < 1.29 is 9.53 Å². The van der Waals surface area contributed by atoms with Gasteiger partial charge in [0.05, 0.1) is 18.7 Å². The number of likely N-dealkylation sites (N-methyl/N-ethyl adjacent to an activating group) is 1. The topological polar surface area (TPSA) is 32.8 Å². The summed E-state index contributed by atoms with van der Waals surface area (Å²) in [5, 5.41) is 0. The summed E-state index contributed by atoms with van der Waals surface area (Å²) >= 11 is 1.77. The number of thioether (sulfide) groups is 1. The Labute approximate surface area is 166 Å². The molecule has 1 heterocycles. The molecule has 1 amide bonds. The molecule has 0 aliphatic carbocycles. The lowest BCUT2D eigenvalue weighted by atomic mass is 9.99. The first kappa shape index (κ1) is 19.8. The number of hydrogen-bond acceptors (Lipinski definition) is 4. The van der Waals surface area contributed by atoms with Gasteiger partial charge in [0.2, 0.25) is 5.91 Å². The summed E-state index contributed by atoms with van der Waals surface area (Å²) < 4.78 is 5.26.